The number of hydrogen-bond acceptors (Lipinski definition) is 5. The van der Waals surface area contributed by atoms with E-state index in [4.69, 9.17) is 4.99 Å². The highest BCUT2D eigenvalue weighted by Crippen LogP contribution is 2.41. The number of anilines is 2. The molecular formula is C37H39N5O. The van der Waals surface area contributed by atoms with Crippen LogP contribution < -0.4 is 10.6 Å². The molecule has 1 saturated carbocycles. The third kappa shape index (κ3) is 5.87. The molecule has 0 saturated heterocycles. The number of aliphatic imine (C=N–C) groups is 1. The normalized spacial score (nSPS) is 16.9. The zero-order chi connectivity index (χ0) is 29.8. The first-order valence-corrected chi connectivity index (χ1v) is 15.5. The lowest BCUT2D eigenvalue weighted by Crippen LogP contribution is -2.22. The Balaban J connectivity index is 1.37. The van der Waals surface area contributed by atoms with Crippen molar-refractivity contribution in [3.63, 3.8) is 0 Å². The summed E-state index contributed by atoms with van der Waals surface area (Å²) < 4.78 is 0. The van der Waals surface area contributed by atoms with Crippen molar-refractivity contribution in [1.82, 2.24) is 9.97 Å². The van der Waals surface area contributed by atoms with Gasteiger partial charge in [-0.05, 0) is 80.1 Å². The molecule has 1 aliphatic heterocycles. The molecule has 1 amide bonds. The summed E-state index contributed by atoms with van der Waals surface area (Å²) in [5.74, 6) is 0.481. The van der Waals surface area contributed by atoms with Gasteiger partial charge in [-0.15, -0.1) is 0 Å². The lowest BCUT2D eigenvalue weighted by molar-refractivity contribution is -0.119. The van der Waals surface area contributed by atoms with Crippen molar-refractivity contribution in [3.8, 4) is 22.4 Å². The van der Waals surface area contributed by atoms with E-state index in [0.29, 0.717) is 0 Å². The van der Waals surface area contributed by atoms with Crippen molar-refractivity contribution < 1.29 is 4.79 Å². The molecule has 2 aliphatic rings. The number of allylic oxidation sites excluding steroid dienone is 2. The molecule has 6 nitrogen and oxygen atoms in total. The highest BCUT2D eigenvalue weighted by molar-refractivity contribution is 6.27. The summed E-state index contributed by atoms with van der Waals surface area (Å²) in [5, 5.41) is 6.51. The summed E-state index contributed by atoms with van der Waals surface area (Å²) >= 11 is 0. The van der Waals surface area contributed by atoms with Crippen molar-refractivity contribution in [1.29, 1.82) is 0 Å². The average molecular weight is 570 g/mol. The summed E-state index contributed by atoms with van der Waals surface area (Å²) in [5.41, 5.74) is 11.5. The summed E-state index contributed by atoms with van der Waals surface area (Å²) in [6, 6.07) is 20.9. The molecule has 2 aromatic heterocycles. The fourth-order valence-electron chi connectivity index (χ4n) is 6.54. The Morgan fingerprint density at radius 2 is 1.86 bits per heavy atom. The minimum absolute atomic E-state index is 0.103. The van der Waals surface area contributed by atoms with Crippen molar-refractivity contribution in [3.05, 3.63) is 96.5 Å². The van der Waals surface area contributed by atoms with Gasteiger partial charge >= 0.3 is 0 Å². The zero-order valence-electron chi connectivity index (χ0n) is 25.2. The highest BCUT2D eigenvalue weighted by atomic mass is 16.1. The van der Waals surface area contributed by atoms with Crippen LogP contribution in [-0.4, -0.2) is 28.6 Å². The maximum atomic E-state index is 12.8. The number of carbonyl (C=O) groups excluding carboxylic acids is 1. The summed E-state index contributed by atoms with van der Waals surface area (Å²) in [4.78, 5) is 27.2. The van der Waals surface area contributed by atoms with Crippen LogP contribution in [-0.2, 0) is 11.2 Å². The van der Waals surface area contributed by atoms with E-state index in [1.54, 1.807) is 6.20 Å². The first-order valence-electron chi connectivity index (χ1n) is 15.5. The molecule has 2 N–H and O–H groups in total. The zero-order valence-corrected chi connectivity index (χ0v) is 25.2. The molecule has 6 heteroatoms. The van der Waals surface area contributed by atoms with Crippen LogP contribution in [0.25, 0.3) is 28.0 Å². The molecule has 43 heavy (non-hydrogen) atoms. The molecule has 6 rings (SSSR count). The number of hydrogen-bond donors (Lipinski definition) is 2. The number of pyridine rings is 2. The Kier molecular flexibility index (Phi) is 8.45. The van der Waals surface area contributed by atoms with Gasteiger partial charge in [0.1, 0.15) is 0 Å². The maximum absolute atomic E-state index is 12.8. The second-order valence-corrected chi connectivity index (χ2v) is 11.5. The summed E-state index contributed by atoms with van der Waals surface area (Å²) in [6.07, 6.45) is 13.7. The van der Waals surface area contributed by atoms with E-state index < -0.39 is 0 Å². The maximum Gasteiger partial charge on any atom is 0.227 e. The van der Waals surface area contributed by atoms with E-state index in [2.05, 4.69) is 83.0 Å². The third-order valence-corrected chi connectivity index (χ3v) is 8.87. The highest BCUT2D eigenvalue weighted by Gasteiger charge is 2.28. The number of amides is 1. The van der Waals surface area contributed by atoms with Gasteiger partial charge in [-0.25, -0.2) is 0 Å². The summed E-state index contributed by atoms with van der Waals surface area (Å²) in [7, 11) is 1.96. The standard InChI is InChI=1S/C37H39N5O/c1-4-24-20-32-30(34-14-8-9-18-40-34)13-10-15-35(32)42-36(24)29(5-2)31-21-26(16-17-33(31)38-3)27-19-28(23-39-22-27)41-37(43)25-11-6-7-12-25/h5,8-10,13-19,21-25,38H,4,6-7,11-12,20H2,1-3H3,(H,41,43)/b29-5-. The van der Waals surface area contributed by atoms with Crippen LogP contribution in [0.4, 0.5) is 17.1 Å². The van der Waals surface area contributed by atoms with Crippen LogP contribution in [0.15, 0.2) is 90.3 Å². The van der Waals surface area contributed by atoms with Crippen molar-refractivity contribution in [2.45, 2.75) is 52.4 Å². The molecule has 0 radical (unpaired) electrons. The molecule has 218 valence electrons. The van der Waals surface area contributed by atoms with Gasteiger partial charge in [-0.3, -0.25) is 19.8 Å². The topological polar surface area (TPSA) is 79.3 Å². The fourth-order valence-corrected chi connectivity index (χ4v) is 6.54. The van der Waals surface area contributed by atoms with Gasteiger partial charge in [0, 0.05) is 59.2 Å². The van der Waals surface area contributed by atoms with E-state index in [0.717, 1.165) is 94.8 Å². The molecule has 0 spiro atoms. The third-order valence-electron chi connectivity index (χ3n) is 8.87. The predicted octanol–water partition coefficient (Wildman–Crippen LogP) is 8.74. The number of nitrogens with zero attached hydrogens (tertiary/aromatic N) is 3. The van der Waals surface area contributed by atoms with E-state index in [9.17, 15) is 4.79 Å². The van der Waals surface area contributed by atoms with Gasteiger partial charge in [-0.2, -0.15) is 0 Å². The second-order valence-electron chi connectivity index (χ2n) is 11.5. The van der Waals surface area contributed by atoms with E-state index in [1.165, 1.54) is 5.56 Å². The Morgan fingerprint density at radius 1 is 1.00 bits per heavy atom. The molecule has 3 heterocycles. The van der Waals surface area contributed by atoms with E-state index >= 15 is 0 Å². The number of benzene rings is 2. The van der Waals surface area contributed by atoms with Gasteiger partial charge in [-0.1, -0.05) is 50.1 Å². The number of nitrogens with one attached hydrogen (secondary N) is 2. The number of rotatable bonds is 8. The largest absolute Gasteiger partial charge is 0.388 e. The quantitative estimate of drug-likeness (QED) is 0.222. The van der Waals surface area contributed by atoms with Crippen molar-refractivity contribution in [2.24, 2.45) is 16.8 Å². The summed E-state index contributed by atoms with van der Waals surface area (Å²) in [6.45, 7) is 4.34. The number of carbonyl (C=O) groups is 1. The molecule has 1 unspecified atom stereocenters. The van der Waals surface area contributed by atoms with E-state index in [1.807, 2.05) is 37.6 Å². The molecule has 1 aliphatic carbocycles. The Morgan fingerprint density at radius 3 is 2.60 bits per heavy atom. The molecule has 1 fully saturated rings. The molecule has 0 bridgehead atoms. The average Bonchev–Trinajstić information content (AvgIpc) is 3.61. The minimum Gasteiger partial charge on any atom is -0.388 e. The molecular weight excluding hydrogens is 530 g/mol. The van der Waals surface area contributed by atoms with Gasteiger partial charge in [0.2, 0.25) is 5.91 Å². The first-order chi connectivity index (χ1) is 21.1. The van der Waals surface area contributed by atoms with Gasteiger partial charge in [0.15, 0.2) is 0 Å². The van der Waals surface area contributed by atoms with Crippen LogP contribution in [0.3, 0.4) is 0 Å². The minimum atomic E-state index is 0.103. The fraction of sp³-hybridized carbons (Fsp3) is 0.297. The SMILES string of the molecule is C/C=C(\C1=Nc2cccc(-c3ccccn3)c2CC1CC)c1cc(-c2cncc(NC(=O)C3CCCC3)c2)ccc1NC. The predicted molar refractivity (Wildman–Crippen MR) is 178 cm³/mol. The Bertz CT molecular complexity index is 1680. The monoisotopic (exact) mass is 569 g/mol. The van der Waals surface area contributed by atoms with E-state index in [-0.39, 0.29) is 17.7 Å². The molecule has 1 atom stereocenters. The van der Waals surface area contributed by atoms with Gasteiger partial charge in [0.25, 0.3) is 0 Å². The van der Waals surface area contributed by atoms with Crippen LogP contribution in [0, 0.1) is 11.8 Å². The molecule has 4 aromatic rings. The number of fused-ring (bicyclic) bond motifs is 1. The van der Waals surface area contributed by atoms with Crippen LogP contribution in [0.1, 0.15) is 57.1 Å². The van der Waals surface area contributed by atoms with Gasteiger partial charge in [0.05, 0.1) is 29.0 Å². The van der Waals surface area contributed by atoms with Crippen LogP contribution >= 0.6 is 0 Å². The van der Waals surface area contributed by atoms with Crippen molar-refractivity contribution >= 4 is 34.3 Å². The lowest BCUT2D eigenvalue weighted by Gasteiger charge is -2.28. The Labute approximate surface area is 254 Å². The Hall–Kier alpha value is -4.58. The number of aromatic nitrogens is 2. The smallest absolute Gasteiger partial charge is 0.227 e. The second kappa shape index (κ2) is 12.7. The lowest BCUT2D eigenvalue weighted by atomic mass is 9.80. The van der Waals surface area contributed by atoms with Crippen LogP contribution in [0.5, 0.6) is 0 Å². The van der Waals surface area contributed by atoms with Crippen LogP contribution in [0.2, 0.25) is 0 Å². The van der Waals surface area contributed by atoms with Crippen molar-refractivity contribution in [2.75, 3.05) is 17.7 Å². The molecule has 2 aromatic carbocycles. The van der Waals surface area contributed by atoms with Gasteiger partial charge < -0.3 is 10.6 Å². The first kappa shape index (κ1) is 28.5.